The fourth-order valence-corrected chi connectivity index (χ4v) is 4.16. The summed E-state index contributed by atoms with van der Waals surface area (Å²) in [6, 6.07) is 15.9. The number of β-amino-alcohol motifs (C(OH)–C–C–N with tert-alkyl or cyclic N) is 1. The lowest BCUT2D eigenvalue weighted by molar-refractivity contribution is -0.0787. The number of anilines is 2. The summed E-state index contributed by atoms with van der Waals surface area (Å²) >= 11 is 1.93. The van der Waals surface area contributed by atoms with Gasteiger partial charge in [-0.1, -0.05) is 30.3 Å². The molecular formula is C24H21F3IN3O2. The lowest BCUT2D eigenvalue weighted by atomic mass is 9.92. The second-order valence-corrected chi connectivity index (χ2v) is 9.25. The Bertz CT molecular complexity index is 1170. The van der Waals surface area contributed by atoms with E-state index in [0.29, 0.717) is 10.1 Å². The summed E-state index contributed by atoms with van der Waals surface area (Å²) in [4.78, 5) is 14.3. The molecule has 1 fully saturated rings. The van der Waals surface area contributed by atoms with E-state index in [9.17, 15) is 23.1 Å². The maximum absolute atomic E-state index is 14.6. The number of amides is 1. The summed E-state index contributed by atoms with van der Waals surface area (Å²) in [6.07, 6.45) is 0. The maximum atomic E-state index is 14.6. The SMILES string of the molecule is O=C(c1ccc(F)c(F)c1Nc1ccc(I)cc1F)N1CC(O)(CNCc2ccccc2)C1. The van der Waals surface area contributed by atoms with E-state index >= 15 is 0 Å². The number of benzene rings is 3. The number of carbonyl (C=O) groups excluding carboxylic acids is 1. The number of likely N-dealkylation sites (tertiary alicyclic amines) is 1. The zero-order valence-electron chi connectivity index (χ0n) is 17.4. The number of aliphatic hydroxyl groups is 1. The third kappa shape index (κ3) is 5.31. The van der Waals surface area contributed by atoms with E-state index in [1.165, 1.54) is 17.0 Å². The molecule has 0 atom stereocenters. The molecule has 1 aliphatic rings. The zero-order chi connectivity index (χ0) is 23.6. The van der Waals surface area contributed by atoms with Crippen LogP contribution in [0, 0.1) is 21.0 Å². The largest absolute Gasteiger partial charge is 0.385 e. The third-order valence-electron chi connectivity index (χ3n) is 5.40. The molecule has 3 aromatic carbocycles. The summed E-state index contributed by atoms with van der Waals surface area (Å²) in [5.41, 5.74) is -0.740. The van der Waals surface area contributed by atoms with E-state index < -0.39 is 34.6 Å². The van der Waals surface area contributed by atoms with Crippen LogP contribution in [0.2, 0.25) is 0 Å². The second kappa shape index (κ2) is 9.70. The van der Waals surface area contributed by atoms with Gasteiger partial charge in [0.05, 0.1) is 30.0 Å². The van der Waals surface area contributed by atoms with E-state index in [-0.39, 0.29) is 30.9 Å². The summed E-state index contributed by atoms with van der Waals surface area (Å²) in [5.74, 6) is -3.69. The van der Waals surface area contributed by atoms with Gasteiger partial charge in [0.15, 0.2) is 11.6 Å². The molecule has 3 aromatic rings. The van der Waals surface area contributed by atoms with Crippen LogP contribution in [0.1, 0.15) is 15.9 Å². The Morgan fingerprint density at radius 3 is 2.45 bits per heavy atom. The lowest BCUT2D eigenvalue weighted by Crippen LogP contribution is -2.67. The highest BCUT2D eigenvalue weighted by atomic mass is 127. The molecule has 3 N–H and O–H groups in total. The predicted molar refractivity (Wildman–Crippen MR) is 128 cm³/mol. The molecule has 1 amide bonds. The van der Waals surface area contributed by atoms with Crippen LogP contribution in [0.5, 0.6) is 0 Å². The zero-order valence-corrected chi connectivity index (χ0v) is 19.6. The molecule has 1 saturated heterocycles. The van der Waals surface area contributed by atoms with Crippen LogP contribution < -0.4 is 10.6 Å². The van der Waals surface area contributed by atoms with Crippen molar-refractivity contribution in [2.75, 3.05) is 25.0 Å². The fourth-order valence-electron chi connectivity index (χ4n) is 3.70. The van der Waals surface area contributed by atoms with Gasteiger partial charge in [0, 0.05) is 16.7 Å². The summed E-state index contributed by atoms with van der Waals surface area (Å²) in [5, 5.41) is 16.3. The molecule has 0 bridgehead atoms. The lowest BCUT2D eigenvalue weighted by Gasteiger charge is -2.46. The number of hydrogen-bond acceptors (Lipinski definition) is 4. The first-order valence-corrected chi connectivity index (χ1v) is 11.3. The van der Waals surface area contributed by atoms with Gasteiger partial charge in [0.25, 0.3) is 5.91 Å². The molecule has 9 heteroatoms. The Morgan fingerprint density at radius 1 is 1.03 bits per heavy atom. The minimum absolute atomic E-state index is 0.0317. The molecule has 4 rings (SSSR count). The van der Waals surface area contributed by atoms with Crippen molar-refractivity contribution in [2.24, 2.45) is 0 Å². The quantitative estimate of drug-likeness (QED) is 0.370. The van der Waals surface area contributed by atoms with E-state index in [1.54, 1.807) is 6.07 Å². The average molecular weight is 567 g/mol. The average Bonchev–Trinajstić information content (AvgIpc) is 2.77. The molecule has 1 aliphatic heterocycles. The minimum atomic E-state index is -1.28. The van der Waals surface area contributed by atoms with Gasteiger partial charge in [-0.3, -0.25) is 4.79 Å². The predicted octanol–water partition coefficient (Wildman–Crippen LogP) is 4.43. The van der Waals surface area contributed by atoms with Gasteiger partial charge < -0.3 is 20.6 Å². The van der Waals surface area contributed by atoms with Crippen LogP contribution in [0.3, 0.4) is 0 Å². The normalized spacial score (nSPS) is 14.6. The topological polar surface area (TPSA) is 64.6 Å². The molecule has 0 spiro atoms. The Balaban J connectivity index is 1.45. The van der Waals surface area contributed by atoms with Gasteiger partial charge in [0.2, 0.25) is 0 Å². The van der Waals surface area contributed by atoms with Gasteiger partial charge in [-0.2, -0.15) is 0 Å². The highest BCUT2D eigenvalue weighted by Gasteiger charge is 2.44. The van der Waals surface area contributed by atoms with Crippen LogP contribution in [0.4, 0.5) is 24.5 Å². The van der Waals surface area contributed by atoms with Crippen LogP contribution in [-0.4, -0.2) is 41.1 Å². The second-order valence-electron chi connectivity index (χ2n) is 8.01. The number of nitrogens with one attached hydrogen (secondary N) is 2. The first kappa shape index (κ1) is 23.5. The number of carbonyl (C=O) groups is 1. The van der Waals surface area contributed by atoms with Gasteiger partial charge in [-0.05, 0) is 58.5 Å². The molecule has 0 radical (unpaired) electrons. The Kier molecular flexibility index (Phi) is 6.91. The molecule has 0 aromatic heterocycles. The van der Waals surface area contributed by atoms with Crippen molar-refractivity contribution in [3.8, 4) is 0 Å². The Labute approximate surface area is 202 Å². The van der Waals surface area contributed by atoms with Gasteiger partial charge in [0.1, 0.15) is 11.4 Å². The smallest absolute Gasteiger partial charge is 0.256 e. The minimum Gasteiger partial charge on any atom is -0.385 e. The van der Waals surface area contributed by atoms with E-state index in [4.69, 9.17) is 0 Å². The third-order valence-corrected chi connectivity index (χ3v) is 6.07. The molecular weight excluding hydrogens is 546 g/mol. The van der Waals surface area contributed by atoms with E-state index in [2.05, 4.69) is 10.6 Å². The molecule has 172 valence electrons. The Morgan fingerprint density at radius 2 is 1.76 bits per heavy atom. The van der Waals surface area contributed by atoms with E-state index in [1.807, 2.05) is 52.9 Å². The van der Waals surface area contributed by atoms with Crippen molar-refractivity contribution in [3.05, 3.63) is 92.8 Å². The standard InChI is InChI=1S/C24H21F3IN3O2/c25-18-8-7-17(22(21(18)27)30-20-9-6-16(28)10-19(20)26)23(32)31-13-24(33,14-31)12-29-11-15-4-2-1-3-5-15/h1-10,29-30,33H,11-14H2. The first-order valence-electron chi connectivity index (χ1n) is 10.2. The fraction of sp³-hybridized carbons (Fsp3) is 0.208. The number of halogens is 4. The number of nitrogens with zero attached hydrogens (tertiary/aromatic N) is 1. The summed E-state index contributed by atoms with van der Waals surface area (Å²) < 4.78 is 43.4. The van der Waals surface area contributed by atoms with Crippen LogP contribution in [-0.2, 0) is 6.54 Å². The van der Waals surface area contributed by atoms with Crippen molar-refractivity contribution in [1.29, 1.82) is 0 Å². The Hall–Kier alpha value is -2.63. The van der Waals surface area contributed by atoms with Crippen LogP contribution >= 0.6 is 22.6 Å². The van der Waals surface area contributed by atoms with Gasteiger partial charge in [-0.25, -0.2) is 13.2 Å². The summed E-state index contributed by atoms with van der Waals surface area (Å²) in [6.45, 7) is 0.895. The molecule has 0 unspecified atom stereocenters. The van der Waals surface area contributed by atoms with Crippen LogP contribution in [0.15, 0.2) is 60.7 Å². The highest BCUT2D eigenvalue weighted by Crippen LogP contribution is 2.31. The van der Waals surface area contributed by atoms with Crippen molar-refractivity contribution >= 4 is 39.9 Å². The molecule has 1 heterocycles. The maximum Gasteiger partial charge on any atom is 0.256 e. The molecule has 0 aliphatic carbocycles. The first-order chi connectivity index (χ1) is 15.8. The summed E-state index contributed by atoms with van der Waals surface area (Å²) in [7, 11) is 0. The van der Waals surface area contributed by atoms with E-state index in [0.717, 1.165) is 17.7 Å². The number of rotatable bonds is 7. The monoisotopic (exact) mass is 567 g/mol. The van der Waals surface area contributed by atoms with Crippen molar-refractivity contribution in [3.63, 3.8) is 0 Å². The number of hydrogen-bond donors (Lipinski definition) is 3. The molecule has 0 saturated carbocycles. The molecule has 5 nitrogen and oxygen atoms in total. The van der Waals surface area contributed by atoms with Crippen molar-refractivity contribution in [1.82, 2.24) is 10.2 Å². The van der Waals surface area contributed by atoms with Gasteiger partial charge in [-0.15, -0.1) is 0 Å². The highest BCUT2D eigenvalue weighted by molar-refractivity contribution is 14.1. The van der Waals surface area contributed by atoms with Crippen LogP contribution in [0.25, 0.3) is 0 Å². The van der Waals surface area contributed by atoms with Gasteiger partial charge >= 0.3 is 0 Å². The molecule has 33 heavy (non-hydrogen) atoms. The van der Waals surface area contributed by atoms with Crippen molar-refractivity contribution in [2.45, 2.75) is 12.1 Å². The van der Waals surface area contributed by atoms with Crippen molar-refractivity contribution < 1.29 is 23.1 Å².